The number of rotatable bonds is 22. The molecular formula is C78H101N17O25S2. The number of hydrogen-bond acceptors (Lipinski definition) is 25. The number of fused-ring (bicyclic) bond motifs is 4. The lowest BCUT2D eigenvalue weighted by molar-refractivity contribution is -0.142. The number of carbonyl (C=O) groups excluding carboxylic acids is 15. The Morgan fingerprint density at radius 1 is 0.451 bits per heavy atom. The first-order valence-electron chi connectivity index (χ1n) is 38.6. The molecule has 1 aromatic heterocycles. The molecule has 42 nitrogen and oxygen atoms in total. The van der Waals surface area contributed by atoms with Crippen molar-refractivity contribution in [2.45, 2.75) is 203 Å². The maximum absolute atomic E-state index is 14.8. The number of thioether (sulfide) groups is 1. The smallest absolute Gasteiger partial charge is 0.305 e. The van der Waals surface area contributed by atoms with Gasteiger partial charge in [0.15, 0.2) is 0 Å². The number of aliphatic imine (C=N–C) groups is 1. The molecule has 15 amide bonds. The number of nitrogens with two attached hydrogens (primary N) is 2. The lowest BCUT2D eigenvalue weighted by Gasteiger charge is -2.28. The minimum atomic E-state index is -2.19. The van der Waals surface area contributed by atoms with Crippen LogP contribution in [0, 0.1) is 5.92 Å². The molecule has 0 radical (unpaired) electrons. The highest BCUT2D eigenvalue weighted by molar-refractivity contribution is 8.15. The van der Waals surface area contributed by atoms with E-state index in [2.05, 4.69) is 79.4 Å². The van der Waals surface area contributed by atoms with Gasteiger partial charge in [-0.05, 0) is 123 Å². The van der Waals surface area contributed by atoms with Crippen LogP contribution in [-0.2, 0) is 117 Å². The van der Waals surface area contributed by atoms with Gasteiger partial charge in [0, 0.05) is 37.9 Å². The number of nitrogens with zero attached hydrogens (tertiary/aromatic N) is 1. The number of benzene rings is 3. The van der Waals surface area contributed by atoms with E-state index in [9.17, 15) is 122 Å². The maximum Gasteiger partial charge on any atom is 0.305 e. The molecule has 2 aliphatic rings. The summed E-state index contributed by atoms with van der Waals surface area (Å²) in [6.45, 7) is 6.18. The predicted octanol–water partition coefficient (Wildman–Crippen LogP) is -4.27. The van der Waals surface area contributed by atoms with Crippen molar-refractivity contribution in [3.05, 3.63) is 117 Å². The van der Waals surface area contributed by atoms with Crippen LogP contribution in [0.3, 0.4) is 0 Å². The summed E-state index contributed by atoms with van der Waals surface area (Å²) in [4.78, 5) is 266. The molecule has 0 saturated heterocycles. The molecule has 2 aliphatic heterocycles. The number of unbranched alkanes of at least 4 members (excludes halogenated alkanes) is 1. The number of phenolic OH excluding ortho intramolecular Hbond substituents is 2. The first kappa shape index (κ1) is 97.7. The van der Waals surface area contributed by atoms with Gasteiger partial charge in [-0.2, -0.15) is 0 Å². The Morgan fingerprint density at radius 2 is 0.844 bits per heavy atom. The van der Waals surface area contributed by atoms with Crippen LogP contribution in [0.25, 0.3) is 0 Å². The van der Waals surface area contributed by atoms with Crippen molar-refractivity contribution in [2.24, 2.45) is 22.4 Å². The Labute approximate surface area is 706 Å². The zero-order chi connectivity index (χ0) is 90.2. The fourth-order valence-corrected chi connectivity index (χ4v) is 14.3. The summed E-state index contributed by atoms with van der Waals surface area (Å²) in [5, 5.41) is 95.7. The standard InChI is InChI=1S/C78H101N17O25S2/c1-37(2)25-50-71(114)87-49(64(80)107)29-44-30-58(121-35-44)78-95-57(36-122-78)77(120)83-38(3)65(108)81-34-59(98)82-39(4)66(109)88-51(26-41-11-7-6-8-12-41)72(115)86-48(22-23-60(99)100)69(112)91-53(28-43-16-20-46(97)21-17-43)74(117)94-56(33-63(105)106)76(119)92-52(27-42-14-18-45(96)19-15-42)73(116)85-47(13-9-10-24-79)68(111)93-54(31-61(101)102)70(113)84-40(5)67(110)89-55(32-62(103)104)75(118)90-50/h6-8,11-12,14-21,30,35,37-40,47-57,96-97H,9-10,13,22-29,31-34,36,79H2,1-5H3,(H2,80,107)(H,81,108)(H,82,98)(H,83,120)(H,84,113)(H,85,116)(H,86,115)(H,87,114)(H,88,109)(H,89,110)(H,90,118)(H,91,112)(H,92,119)(H,93,111)(H,94,117)(H,99,100)(H,101,102)(H,103,104)(H,105,106)/t38-,39-,40-,47-,48-,49+,50-,51-,52-,53-,54-,55-,56-,57-/m0/s1. The van der Waals surface area contributed by atoms with Crippen LogP contribution in [0.5, 0.6) is 11.5 Å². The normalized spacial score (nSPS) is 24.5. The van der Waals surface area contributed by atoms with Gasteiger partial charge in [0.25, 0.3) is 0 Å². The van der Waals surface area contributed by atoms with E-state index in [-0.39, 0.29) is 79.4 Å². The van der Waals surface area contributed by atoms with Crippen LogP contribution >= 0.6 is 23.1 Å². The number of amides is 15. The van der Waals surface area contributed by atoms with Gasteiger partial charge in [-0.3, -0.25) is 96.1 Å². The van der Waals surface area contributed by atoms with Crippen LogP contribution in [0.2, 0.25) is 0 Å². The zero-order valence-corrected chi connectivity index (χ0v) is 68.6. The van der Waals surface area contributed by atoms with E-state index >= 15 is 0 Å². The lowest BCUT2D eigenvalue weighted by Crippen LogP contribution is -2.61. The van der Waals surface area contributed by atoms with E-state index in [1.54, 1.807) is 55.6 Å². The molecule has 0 spiro atoms. The van der Waals surface area contributed by atoms with Crippen molar-refractivity contribution in [3.63, 3.8) is 0 Å². The molecule has 0 aliphatic carbocycles. The van der Waals surface area contributed by atoms with Gasteiger partial charge in [-0.25, -0.2) is 0 Å². The lowest BCUT2D eigenvalue weighted by atomic mass is 10.0. The van der Waals surface area contributed by atoms with Gasteiger partial charge in [0.1, 0.15) is 101 Å². The molecule has 4 aromatic rings. The molecule has 44 heteroatoms. The highest BCUT2D eigenvalue weighted by atomic mass is 32.2. The van der Waals surface area contributed by atoms with E-state index < -0.39 is 249 Å². The van der Waals surface area contributed by atoms with Crippen LogP contribution in [0.1, 0.15) is 120 Å². The molecule has 14 atom stereocenters. The first-order valence-corrected chi connectivity index (χ1v) is 40.5. The average Bonchev–Trinajstić information content (AvgIpc) is 1.69. The Balaban J connectivity index is 1.37. The third-order valence-electron chi connectivity index (χ3n) is 18.8. The second kappa shape index (κ2) is 47.6. The third kappa shape index (κ3) is 32.5. The Kier molecular flexibility index (Phi) is 38.1. The largest absolute Gasteiger partial charge is 0.508 e. The Bertz CT molecular complexity index is 4510. The van der Waals surface area contributed by atoms with Crippen molar-refractivity contribution in [2.75, 3.05) is 18.8 Å². The summed E-state index contributed by atoms with van der Waals surface area (Å²) >= 11 is 2.33. The van der Waals surface area contributed by atoms with Gasteiger partial charge in [-0.15, -0.1) is 23.1 Å². The van der Waals surface area contributed by atoms with Gasteiger partial charge >= 0.3 is 23.9 Å². The summed E-state index contributed by atoms with van der Waals surface area (Å²) < 4.78 is 0. The van der Waals surface area contributed by atoms with Gasteiger partial charge in [0.2, 0.25) is 88.6 Å². The first-order chi connectivity index (χ1) is 57.6. The minimum absolute atomic E-state index is 0.0231. The highest BCUT2D eigenvalue weighted by Gasteiger charge is 2.39. The van der Waals surface area contributed by atoms with E-state index in [1.807, 2.05) is 0 Å². The number of thiophene rings is 1. The second-order valence-electron chi connectivity index (χ2n) is 29.3. The van der Waals surface area contributed by atoms with E-state index in [0.29, 0.717) is 21.0 Å². The maximum atomic E-state index is 14.8. The zero-order valence-electron chi connectivity index (χ0n) is 67.0. The Hall–Kier alpha value is -13.1. The van der Waals surface area contributed by atoms with E-state index in [4.69, 9.17) is 11.5 Å². The Morgan fingerprint density at radius 3 is 1.31 bits per heavy atom. The van der Waals surface area contributed by atoms with Gasteiger partial charge in [-0.1, -0.05) is 68.4 Å². The summed E-state index contributed by atoms with van der Waals surface area (Å²) in [5.41, 5.74) is 12.8. The number of carboxylic acids is 4. The molecule has 122 heavy (non-hydrogen) atoms. The number of carbonyl (C=O) groups is 19. The molecule has 6 rings (SSSR count). The molecule has 4 bridgehead atoms. The van der Waals surface area contributed by atoms with Crippen molar-refractivity contribution < 1.29 is 122 Å². The van der Waals surface area contributed by atoms with Crippen LogP contribution in [-0.4, -0.2) is 252 Å². The molecule has 3 heterocycles. The van der Waals surface area contributed by atoms with Crippen LogP contribution in [0.15, 0.2) is 95.3 Å². The highest BCUT2D eigenvalue weighted by Crippen LogP contribution is 2.29. The average molecular weight is 1740 g/mol. The molecule has 0 fully saturated rings. The van der Waals surface area contributed by atoms with E-state index in [1.165, 1.54) is 74.1 Å². The predicted molar refractivity (Wildman–Crippen MR) is 435 cm³/mol. The molecule has 660 valence electrons. The van der Waals surface area contributed by atoms with Gasteiger partial charge in [0.05, 0.1) is 30.7 Å². The SMILES string of the molecule is CC(C)C[C@@H]1NC(=O)[C@H](CC(=O)O)NC(=O)[C@H](C)NC(=O)[C@H](CC(=O)O)NC(=O)[C@H](CCCCN)NC(=O)[C@H](Cc2ccc(O)cc2)NC(=O)[C@H](CC(=O)O)NC(=O)[C@H](Cc2ccc(O)cc2)NC(=O)[C@H](CCC(=O)O)NC(=O)[C@H](Cc2ccccc2)NC(=O)[C@H](C)NC(=O)CNC(=O)[C@H](C)NC(=O)[C@@H]2CSC(=N2)c2cc(cs2)C[C@H](C(N)=O)NC1=O. The van der Waals surface area contributed by atoms with Crippen LogP contribution in [0.4, 0.5) is 0 Å². The van der Waals surface area contributed by atoms with Crippen molar-refractivity contribution in [1.82, 2.24) is 74.4 Å². The third-order valence-corrected chi connectivity index (χ3v) is 21.0. The topological polar surface area (TPSA) is 679 Å². The monoisotopic (exact) mass is 1740 g/mol. The fourth-order valence-electron chi connectivity index (χ4n) is 12.3. The van der Waals surface area contributed by atoms with Crippen molar-refractivity contribution >= 4 is 141 Å². The number of nitrogens with one attached hydrogen (secondary N) is 14. The van der Waals surface area contributed by atoms with Crippen molar-refractivity contribution in [3.8, 4) is 11.5 Å². The molecule has 0 saturated carbocycles. The summed E-state index contributed by atoms with van der Waals surface area (Å²) in [5.74, 6) is -24.3. The number of hydrogen-bond donors (Lipinski definition) is 22. The molecule has 24 N–H and O–H groups in total. The number of primary amides is 1. The summed E-state index contributed by atoms with van der Waals surface area (Å²) in [6, 6.07) is -4.28. The number of aliphatic carboxylic acids is 4. The molecular weight excluding hydrogens is 1640 g/mol. The number of aromatic hydroxyl groups is 2. The molecule has 0 unspecified atom stereocenters. The summed E-state index contributed by atoms with van der Waals surface area (Å²) in [6.07, 6.45) is -6.99. The number of carboxylic acid groups (broad SMARTS) is 4. The fraction of sp³-hybridized carbons (Fsp3) is 0.462. The van der Waals surface area contributed by atoms with E-state index in [0.717, 1.165) is 18.3 Å². The quantitative estimate of drug-likeness (QED) is 0.0331. The molecule has 3 aromatic carbocycles. The van der Waals surface area contributed by atoms with Gasteiger partial charge < -0.3 is 117 Å². The minimum Gasteiger partial charge on any atom is -0.508 e. The number of phenols is 2. The van der Waals surface area contributed by atoms with Crippen molar-refractivity contribution in [1.29, 1.82) is 0 Å². The summed E-state index contributed by atoms with van der Waals surface area (Å²) in [7, 11) is 0. The second-order valence-corrected chi connectivity index (χ2v) is 31.3. The van der Waals surface area contributed by atoms with Crippen LogP contribution < -0.4 is 85.9 Å².